The number of aromatic nitrogens is 2. The number of nitrogens with one attached hydrogen (secondary N) is 2. The van der Waals surface area contributed by atoms with Crippen molar-refractivity contribution in [3.63, 3.8) is 0 Å². The Hall–Kier alpha value is -3.47. The molecule has 2 aromatic rings. The molecule has 25 heavy (non-hydrogen) atoms. The third kappa shape index (κ3) is 2.87. The fraction of sp³-hybridized carbons (Fsp3) is 0. The Labute approximate surface area is 144 Å². The average Bonchev–Trinajstić information content (AvgIpc) is 3.31. The van der Waals surface area contributed by atoms with Crippen LogP contribution in [0.5, 0.6) is 0 Å². The molecule has 8 bridgehead atoms. The van der Waals surface area contributed by atoms with Gasteiger partial charge in [-0.15, -0.1) is 0 Å². The van der Waals surface area contributed by atoms with Gasteiger partial charge in [-0.2, -0.15) is 4.58 Å². The largest absolute Gasteiger partial charge is 0.441 e. The fourth-order valence-electron chi connectivity index (χ4n) is 2.92. The Balaban J connectivity index is 1.69. The van der Waals surface area contributed by atoms with E-state index in [4.69, 9.17) is 0 Å². The summed E-state index contributed by atoms with van der Waals surface area (Å²) in [5.74, 6) is 0. The first-order chi connectivity index (χ1) is 12.3. The number of aromatic amines is 2. The molecular formula is C20H15N5+2. The lowest BCUT2D eigenvalue weighted by atomic mass is 10.2. The highest BCUT2D eigenvalue weighted by atomic mass is 15.3. The molecule has 3 aliphatic rings. The van der Waals surface area contributed by atoms with E-state index in [-0.39, 0.29) is 0 Å². The van der Waals surface area contributed by atoms with Crippen molar-refractivity contribution < 1.29 is 9.56 Å². The molecule has 0 atom stereocenters. The van der Waals surface area contributed by atoms with Gasteiger partial charge in [0.2, 0.25) is 11.4 Å². The minimum atomic E-state index is 0.891. The van der Waals surface area contributed by atoms with Gasteiger partial charge in [0, 0.05) is 35.8 Å². The van der Waals surface area contributed by atoms with Gasteiger partial charge < -0.3 is 4.98 Å². The van der Waals surface area contributed by atoms with Crippen LogP contribution in [0.4, 0.5) is 0 Å². The summed E-state index contributed by atoms with van der Waals surface area (Å²) in [6.07, 6.45) is 16.0. The number of allylic oxidation sites excluding steroid dienone is 2. The predicted molar refractivity (Wildman–Crippen MR) is 96.2 cm³/mol. The lowest BCUT2D eigenvalue weighted by Gasteiger charge is -1.98. The zero-order chi connectivity index (χ0) is 16.6. The van der Waals surface area contributed by atoms with Crippen LogP contribution < -0.4 is 15.7 Å². The Bertz CT molecular complexity index is 1120. The standard InChI is InChI=1S/C20H14N5/c1-2-15-10-17-4-6-19(22-17)12-24-8-9-25(14-24)13-20-7-5-18(23-20)11-16(3-1)21-15/h1-13,22H/q+1/p+1. The molecule has 0 fully saturated rings. The Morgan fingerprint density at radius 3 is 2.88 bits per heavy atom. The third-order valence-corrected chi connectivity index (χ3v) is 4.04. The van der Waals surface area contributed by atoms with Crippen LogP contribution in [-0.2, 0) is 0 Å². The van der Waals surface area contributed by atoms with E-state index >= 15 is 0 Å². The molecule has 0 saturated heterocycles. The molecule has 0 amide bonds. The smallest absolute Gasteiger partial charge is 0.354 e. The highest BCUT2D eigenvalue weighted by Crippen LogP contribution is 2.13. The molecule has 2 radical (unpaired) electrons. The van der Waals surface area contributed by atoms with Crippen LogP contribution in [-0.4, -0.2) is 26.4 Å². The van der Waals surface area contributed by atoms with E-state index in [1.165, 1.54) is 0 Å². The van der Waals surface area contributed by atoms with Crippen LogP contribution in [0.25, 0.3) is 18.4 Å². The Morgan fingerprint density at radius 1 is 1.04 bits per heavy atom. The second-order valence-electron chi connectivity index (χ2n) is 5.98. The molecule has 0 aromatic carbocycles. The number of aliphatic imine (C=N–C) groups is 1. The van der Waals surface area contributed by atoms with Crippen molar-refractivity contribution in [3.8, 4) is 0 Å². The number of fused-ring (bicyclic) bond motifs is 7. The maximum absolute atomic E-state index is 4.63. The molecule has 0 unspecified atom stereocenters. The summed E-state index contributed by atoms with van der Waals surface area (Å²) >= 11 is 0. The molecule has 5 heteroatoms. The number of H-pyrrole nitrogens is 2. The van der Waals surface area contributed by atoms with Gasteiger partial charge in [0.15, 0.2) is 12.4 Å². The van der Waals surface area contributed by atoms with Crippen LogP contribution in [0.3, 0.4) is 0 Å². The number of rotatable bonds is 0. The minimum absolute atomic E-state index is 0.891. The maximum atomic E-state index is 4.63. The summed E-state index contributed by atoms with van der Waals surface area (Å²) in [4.78, 5) is 13.3. The van der Waals surface area contributed by atoms with Crippen molar-refractivity contribution in [1.29, 1.82) is 0 Å². The molecule has 0 aliphatic carbocycles. The predicted octanol–water partition coefficient (Wildman–Crippen LogP) is 0.627. The van der Waals surface area contributed by atoms with Gasteiger partial charge in [0.05, 0.1) is 17.2 Å². The summed E-state index contributed by atoms with van der Waals surface area (Å²) in [6, 6.07) is 10.2. The van der Waals surface area contributed by atoms with Gasteiger partial charge in [-0.1, -0.05) is 0 Å². The lowest BCUT2D eigenvalue weighted by molar-refractivity contribution is -0.407. The van der Waals surface area contributed by atoms with Gasteiger partial charge in [-0.25, -0.2) is 9.98 Å². The molecule has 5 heterocycles. The summed E-state index contributed by atoms with van der Waals surface area (Å²) < 4.78 is 1.87. The minimum Gasteiger partial charge on any atom is -0.354 e. The molecule has 5 rings (SSSR count). The van der Waals surface area contributed by atoms with E-state index in [1.807, 2.05) is 76.8 Å². The van der Waals surface area contributed by atoms with E-state index in [0.717, 1.165) is 33.5 Å². The zero-order valence-corrected chi connectivity index (χ0v) is 13.3. The van der Waals surface area contributed by atoms with Gasteiger partial charge in [0.25, 0.3) is 0 Å². The first-order valence-electron chi connectivity index (χ1n) is 8.06. The quantitative estimate of drug-likeness (QED) is 0.710. The van der Waals surface area contributed by atoms with Crippen molar-refractivity contribution in [1.82, 2.24) is 9.88 Å². The molecule has 5 nitrogen and oxygen atoms in total. The SMILES string of the molecule is [C]1N2C=C[N+]1=CC1=NC(=Cc3cccc([nH+]3)C=c3ccc([nH]3)=C2)C=C1. The van der Waals surface area contributed by atoms with Gasteiger partial charge in [-0.3, -0.25) is 4.90 Å². The summed E-state index contributed by atoms with van der Waals surface area (Å²) in [6.45, 7) is 3.23. The van der Waals surface area contributed by atoms with Crippen LogP contribution in [0.15, 0.2) is 65.6 Å². The number of hydrogen-bond donors (Lipinski definition) is 1. The topological polar surface area (TPSA) is 48.5 Å². The molecule has 0 spiro atoms. The van der Waals surface area contributed by atoms with Gasteiger partial charge in [-0.05, 0) is 30.4 Å². The number of nitrogens with zero attached hydrogens (tertiary/aromatic N) is 3. The first-order valence-corrected chi connectivity index (χ1v) is 8.06. The van der Waals surface area contributed by atoms with E-state index < -0.39 is 0 Å². The van der Waals surface area contributed by atoms with E-state index in [9.17, 15) is 0 Å². The van der Waals surface area contributed by atoms with Crippen molar-refractivity contribution in [2.45, 2.75) is 0 Å². The second kappa shape index (κ2) is 5.56. The summed E-state index contributed by atoms with van der Waals surface area (Å²) in [7, 11) is 0. The van der Waals surface area contributed by atoms with Crippen LogP contribution in [0.1, 0.15) is 11.4 Å². The van der Waals surface area contributed by atoms with Crippen LogP contribution in [0.2, 0.25) is 0 Å². The van der Waals surface area contributed by atoms with Crippen LogP contribution in [0, 0.1) is 6.67 Å². The summed E-state index contributed by atoms with van der Waals surface area (Å²) in [5, 5.41) is 2.04. The van der Waals surface area contributed by atoms with Gasteiger partial charge in [0.1, 0.15) is 5.71 Å². The number of hydrogen-bond acceptors (Lipinski definition) is 2. The van der Waals surface area contributed by atoms with Gasteiger partial charge >= 0.3 is 6.67 Å². The monoisotopic (exact) mass is 325 g/mol. The van der Waals surface area contributed by atoms with E-state index in [2.05, 4.69) is 33.8 Å². The molecular weight excluding hydrogens is 310 g/mol. The average molecular weight is 325 g/mol. The van der Waals surface area contributed by atoms with E-state index in [0.29, 0.717) is 0 Å². The zero-order valence-electron chi connectivity index (χ0n) is 13.3. The van der Waals surface area contributed by atoms with Crippen molar-refractivity contribution in [3.05, 3.63) is 89.3 Å². The second-order valence-corrected chi connectivity index (χ2v) is 5.98. The molecule has 118 valence electrons. The number of pyridine rings is 1. The highest BCUT2D eigenvalue weighted by Gasteiger charge is 2.20. The van der Waals surface area contributed by atoms with Crippen molar-refractivity contribution >= 4 is 30.3 Å². The third-order valence-electron chi connectivity index (χ3n) is 4.04. The molecule has 2 aromatic heterocycles. The highest BCUT2D eigenvalue weighted by molar-refractivity contribution is 6.35. The molecule has 3 aliphatic heterocycles. The first kappa shape index (κ1) is 13.9. The molecule has 2 N–H and O–H groups in total. The van der Waals surface area contributed by atoms with Crippen molar-refractivity contribution in [2.24, 2.45) is 4.99 Å². The lowest BCUT2D eigenvalue weighted by Crippen LogP contribution is -2.18. The Morgan fingerprint density at radius 2 is 1.92 bits per heavy atom. The summed E-state index contributed by atoms with van der Waals surface area (Å²) in [5.41, 5.74) is 3.84. The van der Waals surface area contributed by atoms with E-state index in [1.54, 1.807) is 0 Å². The van der Waals surface area contributed by atoms with Crippen molar-refractivity contribution in [2.75, 3.05) is 0 Å². The Kier molecular flexibility index (Phi) is 3.10. The fourth-order valence-corrected chi connectivity index (χ4v) is 2.92. The van der Waals surface area contributed by atoms with Crippen LogP contribution >= 0.6 is 0 Å². The molecule has 0 saturated carbocycles. The normalized spacial score (nSPS) is 17.6. The maximum Gasteiger partial charge on any atom is 0.441 e.